The van der Waals surface area contributed by atoms with Crippen molar-refractivity contribution < 1.29 is 62.5 Å². The summed E-state index contributed by atoms with van der Waals surface area (Å²) in [6.07, 6.45) is -3.10. The molecule has 1 saturated heterocycles. The largest absolute Gasteiger partial charge is 0.493 e. The van der Waals surface area contributed by atoms with Crippen LogP contribution in [0.5, 0.6) is 11.5 Å². The highest BCUT2D eigenvalue weighted by Crippen LogP contribution is 2.80. The van der Waals surface area contributed by atoms with Gasteiger partial charge in [0.2, 0.25) is 6.41 Å². The highest BCUT2D eigenvalue weighted by atomic mass is 16.6. The van der Waals surface area contributed by atoms with Gasteiger partial charge < -0.3 is 53.0 Å². The van der Waals surface area contributed by atoms with Crippen molar-refractivity contribution in [2.24, 2.45) is 34.5 Å². The van der Waals surface area contributed by atoms with E-state index < -0.39 is 94.2 Å². The predicted molar refractivity (Wildman–Crippen MR) is 168 cm³/mol. The number of esters is 2. The van der Waals surface area contributed by atoms with Crippen molar-refractivity contribution in [1.82, 2.24) is 4.90 Å². The Hall–Kier alpha value is -3.01. The molecule has 270 valence electrons. The Kier molecular flexibility index (Phi) is 8.28. The number of aliphatic hydroxyl groups is 2. The highest BCUT2D eigenvalue weighted by Gasteiger charge is 2.90. The summed E-state index contributed by atoms with van der Waals surface area (Å²) in [7, 11) is 9.16. The van der Waals surface area contributed by atoms with E-state index in [2.05, 4.69) is 0 Å². The van der Waals surface area contributed by atoms with E-state index in [9.17, 15) is 24.6 Å². The molecule has 1 aromatic carbocycles. The first-order chi connectivity index (χ1) is 23.4. The Labute approximate surface area is 285 Å². The number of piperidine rings is 1. The van der Waals surface area contributed by atoms with E-state index in [1.807, 2.05) is 0 Å². The molecule has 2 unspecified atom stereocenters. The number of carbonyl (C=O) groups excluding carboxylic acids is 3. The third-order valence-electron chi connectivity index (χ3n) is 13.4. The average Bonchev–Trinajstić information content (AvgIpc) is 3.46. The molecule has 6 aliphatic rings. The molecule has 5 saturated carbocycles. The zero-order valence-corrected chi connectivity index (χ0v) is 29.0. The molecule has 6 fully saturated rings. The van der Waals surface area contributed by atoms with Crippen LogP contribution in [0.1, 0.15) is 36.5 Å². The molecule has 14 atom stereocenters. The number of nitrogens with zero attached hydrogens (tertiary/aromatic N) is 1. The number of likely N-dealkylation sites (tertiary alicyclic amines) is 1. The summed E-state index contributed by atoms with van der Waals surface area (Å²) in [5.41, 5.74) is -4.85. The molecule has 5 aliphatic carbocycles. The molecule has 1 aromatic rings. The topological polar surface area (TPSA) is 169 Å². The van der Waals surface area contributed by atoms with Crippen molar-refractivity contribution in [3.63, 3.8) is 0 Å². The van der Waals surface area contributed by atoms with Gasteiger partial charge in [0, 0.05) is 89.4 Å². The third-order valence-corrected chi connectivity index (χ3v) is 13.4. The maximum atomic E-state index is 14.1. The van der Waals surface area contributed by atoms with Crippen LogP contribution in [0.25, 0.3) is 0 Å². The lowest BCUT2D eigenvalue weighted by Gasteiger charge is -2.69. The van der Waals surface area contributed by atoms with Gasteiger partial charge in [-0.3, -0.25) is 9.59 Å². The molecule has 1 aliphatic heterocycles. The van der Waals surface area contributed by atoms with Gasteiger partial charge in [-0.15, -0.1) is 0 Å². The van der Waals surface area contributed by atoms with Crippen molar-refractivity contribution in [1.29, 1.82) is 0 Å². The van der Waals surface area contributed by atoms with E-state index in [1.54, 1.807) is 38.4 Å². The van der Waals surface area contributed by atoms with Gasteiger partial charge >= 0.3 is 11.9 Å². The molecular weight excluding hydrogens is 642 g/mol. The van der Waals surface area contributed by atoms with Crippen LogP contribution in [0.4, 0.5) is 0 Å². The number of carbonyl (C=O) groups is 3. The predicted octanol–water partition coefficient (Wildman–Crippen LogP) is 0.831. The number of benzene rings is 1. The second kappa shape index (κ2) is 11.8. The van der Waals surface area contributed by atoms with E-state index >= 15 is 0 Å². The van der Waals surface area contributed by atoms with E-state index in [0.29, 0.717) is 11.5 Å². The first-order valence-corrected chi connectivity index (χ1v) is 16.7. The number of hydrogen-bond acceptors (Lipinski definition) is 13. The lowest BCUT2D eigenvalue weighted by atomic mass is 9.42. The van der Waals surface area contributed by atoms with E-state index in [4.69, 9.17) is 37.9 Å². The molecule has 14 nitrogen and oxygen atoms in total. The quantitative estimate of drug-likeness (QED) is 0.248. The molecule has 0 aromatic heterocycles. The number of ether oxygens (including phenoxy) is 8. The molecule has 1 spiro atoms. The first kappa shape index (κ1) is 34.4. The molecule has 0 radical (unpaired) electrons. The number of fused-ring (bicyclic) bond motifs is 2. The van der Waals surface area contributed by atoms with Crippen molar-refractivity contribution >= 4 is 18.3 Å². The van der Waals surface area contributed by atoms with Crippen LogP contribution in [0, 0.1) is 34.5 Å². The molecule has 1 amide bonds. The molecule has 1 heterocycles. The Morgan fingerprint density at radius 1 is 0.980 bits per heavy atom. The van der Waals surface area contributed by atoms with Gasteiger partial charge in [-0.1, -0.05) is 0 Å². The Bertz CT molecular complexity index is 1510. The second-order valence-electron chi connectivity index (χ2n) is 14.8. The van der Waals surface area contributed by atoms with Crippen LogP contribution in [-0.2, 0) is 38.0 Å². The zero-order chi connectivity index (χ0) is 35.3. The normalized spacial score (nSPS) is 45.4. The highest BCUT2D eigenvalue weighted by molar-refractivity contribution is 5.90. The monoisotopic (exact) mass is 689 g/mol. The number of methoxy groups -OCH3 is 6. The third kappa shape index (κ3) is 4.12. The maximum absolute atomic E-state index is 14.1. The van der Waals surface area contributed by atoms with Crippen LogP contribution >= 0.6 is 0 Å². The minimum atomic E-state index is -1.71. The summed E-state index contributed by atoms with van der Waals surface area (Å²) >= 11 is 0. The smallest absolute Gasteiger partial charge is 0.338 e. The number of rotatable bonds is 11. The Morgan fingerprint density at radius 3 is 2.29 bits per heavy atom. The van der Waals surface area contributed by atoms with Crippen LogP contribution in [0.3, 0.4) is 0 Å². The van der Waals surface area contributed by atoms with E-state index in [-0.39, 0.29) is 38.0 Å². The summed E-state index contributed by atoms with van der Waals surface area (Å²) in [6, 6.07) is 4.08. The van der Waals surface area contributed by atoms with Gasteiger partial charge in [-0.2, -0.15) is 0 Å². The second-order valence-corrected chi connectivity index (χ2v) is 14.8. The fourth-order valence-corrected chi connectivity index (χ4v) is 12.3. The van der Waals surface area contributed by atoms with Gasteiger partial charge in [-0.25, -0.2) is 4.79 Å². The SMILES string of the molecule is COC[C@]12CN(C=O)[C@H]3[C@H]4[C@H](OC)[C@H]1C3(C(OC)C[C@H]2O)[C@@H]1C[C@]2(O)[C@@H](OC)C[C@@]4(OC(C)=O)[C@H]1[C@H]2OC(=O)c1ccc(OC)c(OC)c1. The van der Waals surface area contributed by atoms with Crippen LogP contribution in [0.2, 0.25) is 0 Å². The van der Waals surface area contributed by atoms with Crippen LogP contribution in [-0.4, -0.2) is 137 Å². The van der Waals surface area contributed by atoms with E-state index in [0.717, 1.165) is 6.41 Å². The summed E-state index contributed by atoms with van der Waals surface area (Å²) in [5.74, 6) is -2.94. The molecular formula is C35H47NO13. The van der Waals surface area contributed by atoms with Gasteiger partial charge in [0.25, 0.3) is 0 Å². The maximum Gasteiger partial charge on any atom is 0.338 e. The van der Waals surface area contributed by atoms with Crippen molar-refractivity contribution in [3.05, 3.63) is 23.8 Å². The fourth-order valence-electron chi connectivity index (χ4n) is 12.3. The van der Waals surface area contributed by atoms with Crippen molar-refractivity contribution in [3.8, 4) is 11.5 Å². The standard InChI is InChI=1S/C35H47NO13/c1-17(38)49-34-13-24(46-6)33(41)12-19(25(34)30(33)48-31(40)18-8-9-20(43-3)21(10-18)44-4)35-23(45-5)11-22(39)32(15-42-2)14-36(16-37)29(35)26(34)27(47-7)28(32)35/h8-10,16,19,22-30,39,41H,11-15H2,1-7H3/t19-,22-,23?,24+,25-,26-,27+,28-,29+,30-,32+,33+,34-,35?/m1/s1. The number of amides is 1. The number of hydrogen-bond donors (Lipinski definition) is 2. The Morgan fingerprint density at radius 2 is 1.69 bits per heavy atom. The molecule has 49 heavy (non-hydrogen) atoms. The lowest BCUT2D eigenvalue weighted by Crippen LogP contribution is -2.79. The zero-order valence-electron chi connectivity index (χ0n) is 29.0. The summed E-state index contributed by atoms with van der Waals surface area (Å²) in [6.45, 7) is 1.64. The summed E-state index contributed by atoms with van der Waals surface area (Å²) in [4.78, 5) is 42.2. The summed E-state index contributed by atoms with van der Waals surface area (Å²) in [5, 5.41) is 24.8. The minimum Gasteiger partial charge on any atom is -0.493 e. The minimum absolute atomic E-state index is 0.0686. The van der Waals surface area contributed by atoms with Gasteiger partial charge in [0.05, 0.1) is 50.8 Å². The van der Waals surface area contributed by atoms with Crippen molar-refractivity contribution in [2.45, 2.75) is 73.9 Å². The van der Waals surface area contributed by atoms with Gasteiger partial charge in [0.15, 0.2) is 11.5 Å². The molecule has 2 N–H and O–H groups in total. The molecule has 7 bridgehead atoms. The van der Waals surface area contributed by atoms with Gasteiger partial charge in [-0.05, 0) is 30.5 Å². The van der Waals surface area contributed by atoms with Crippen molar-refractivity contribution in [2.75, 3.05) is 55.8 Å². The fraction of sp³-hybridized carbons (Fsp3) is 0.743. The summed E-state index contributed by atoms with van der Waals surface area (Å²) < 4.78 is 48.2. The Balaban J connectivity index is 1.47. The van der Waals surface area contributed by atoms with Crippen LogP contribution in [0.15, 0.2) is 18.2 Å². The average molecular weight is 690 g/mol. The number of aliphatic hydroxyl groups excluding tert-OH is 1. The van der Waals surface area contributed by atoms with Gasteiger partial charge in [0.1, 0.15) is 17.3 Å². The van der Waals surface area contributed by atoms with Crippen LogP contribution < -0.4 is 9.47 Å². The lowest BCUT2D eigenvalue weighted by molar-refractivity contribution is -0.295. The molecule has 14 heteroatoms. The molecule has 7 rings (SSSR count). The first-order valence-electron chi connectivity index (χ1n) is 16.7. The van der Waals surface area contributed by atoms with E-state index in [1.165, 1.54) is 34.3 Å².